The zero-order chi connectivity index (χ0) is 21.1. The molecule has 0 fully saturated rings. The molecule has 0 aromatic rings. The Kier molecular flexibility index (Phi) is 5.19. The molecule has 150 valence electrons. The van der Waals surface area contributed by atoms with E-state index in [0.717, 1.165) is 0 Å². The maximum atomic E-state index is 12.9. The van der Waals surface area contributed by atoms with Gasteiger partial charge in [0, 0.05) is 0 Å². The highest BCUT2D eigenvalue weighted by atomic mass is 32.2. The van der Waals surface area contributed by atoms with Crippen LogP contribution < -0.4 is 0 Å². The molecular formula is C7H2F12O5S. The molecule has 18 heteroatoms. The van der Waals surface area contributed by atoms with Gasteiger partial charge in [-0.3, -0.25) is 4.55 Å². The van der Waals surface area contributed by atoms with Crippen molar-refractivity contribution in [2.24, 2.45) is 0 Å². The molecule has 0 saturated heterocycles. The van der Waals surface area contributed by atoms with Crippen molar-refractivity contribution in [3.63, 3.8) is 0 Å². The minimum atomic E-state index is -8.29. The topological polar surface area (TPSA) is 91.7 Å². The Morgan fingerprint density at radius 2 is 0.920 bits per heavy atom. The third-order valence-corrected chi connectivity index (χ3v) is 3.44. The van der Waals surface area contributed by atoms with Crippen LogP contribution in [0.5, 0.6) is 0 Å². The van der Waals surface area contributed by atoms with Gasteiger partial charge in [0.25, 0.3) is 0 Å². The minimum Gasteiger partial charge on any atom is -0.477 e. The van der Waals surface area contributed by atoms with E-state index < -0.39 is 51.0 Å². The van der Waals surface area contributed by atoms with Crippen LogP contribution in [0.1, 0.15) is 0 Å². The molecule has 0 aliphatic heterocycles. The maximum absolute atomic E-state index is 12.9. The Bertz CT molecular complexity index is 653. The molecule has 5 nitrogen and oxygen atoms in total. The molecule has 0 aromatic heterocycles. The van der Waals surface area contributed by atoms with Crippen LogP contribution in [0, 0.1) is 0 Å². The lowest BCUT2D eigenvalue weighted by Gasteiger charge is -2.39. The van der Waals surface area contributed by atoms with Gasteiger partial charge in [-0.15, -0.1) is 0 Å². The van der Waals surface area contributed by atoms with E-state index in [1.54, 1.807) is 0 Å². The van der Waals surface area contributed by atoms with Gasteiger partial charge in [0.1, 0.15) is 0 Å². The summed E-state index contributed by atoms with van der Waals surface area (Å²) in [5.74, 6) is -43.9. The average molecular weight is 426 g/mol. The number of carboxylic acids is 1. The van der Waals surface area contributed by atoms with E-state index in [0.29, 0.717) is 0 Å². The molecule has 0 amide bonds. The molecule has 0 saturated carbocycles. The zero-order valence-electron chi connectivity index (χ0n) is 10.6. The molecule has 0 aliphatic rings. The van der Waals surface area contributed by atoms with Gasteiger partial charge < -0.3 is 5.11 Å². The summed E-state index contributed by atoms with van der Waals surface area (Å²) in [4.78, 5) is 9.77. The highest BCUT2D eigenvalue weighted by Gasteiger charge is 2.93. The fraction of sp³-hybridized carbons (Fsp3) is 0.857. The highest BCUT2D eigenvalue weighted by Crippen LogP contribution is 2.60. The maximum Gasteiger partial charge on any atom is 0.438 e. The lowest BCUT2D eigenvalue weighted by molar-refractivity contribution is -0.412. The quantitative estimate of drug-likeness (QED) is 0.483. The molecule has 0 bridgehead atoms. The molecule has 2 N–H and O–H groups in total. The summed E-state index contributed by atoms with van der Waals surface area (Å²) >= 11 is 0. The second kappa shape index (κ2) is 5.52. The molecule has 0 atom stereocenters. The number of rotatable bonds is 7. The SMILES string of the molecule is O=C(O)C(F)(F)C(F)(F)C(F)(F)C(F)(F)C(F)(F)C(F)(F)S(=O)(=O)O. The van der Waals surface area contributed by atoms with Crippen molar-refractivity contribution in [3.05, 3.63) is 0 Å². The van der Waals surface area contributed by atoms with Gasteiger partial charge >= 0.3 is 51.0 Å². The third-order valence-electron chi connectivity index (χ3n) is 2.54. The number of carboxylic acid groups (broad SMARTS) is 1. The first-order valence-corrected chi connectivity index (χ1v) is 6.36. The normalized spacial score (nSPS) is 16.0. The van der Waals surface area contributed by atoms with Gasteiger partial charge in [0.05, 0.1) is 0 Å². The number of carbonyl (C=O) groups is 1. The lowest BCUT2D eigenvalue weighted by atomic mass is 9.94. The van der Waals surface area contributed by atoms with E-state index in [1.165, 1.54) is 0 Å². The van der Waals surface area contributed by atoms with E-state index in [9.17, 15) is 65.9 Å². The van der Waals surface area contributed by atoms with Crippen LogP contribution in [0.25, 0.3) is 0 Å². The summed E-state index contributed by atoms with van der Waals surface area (Å²) < 4.78 is 181. The summed E-state index contributed by atoms with van der Waals surface area (Å²) in [6.45, 7) is 0. The van der Waals surface area contributed by atoms with Crippen molar-refractivity contribution in [1.29, 1.82) is 0 Å². The van der Waals surface area contributed by atoms with Crippen LogP contribution in [0.15, 0.2) is 0 Å². The number of halogens is 12. The molecule has 0 heterocycles. The van der Waals surface area contributed by atoms with Crippen LogP contribution in [-0.2, 0) is 14.9 Å². The first-order chi connectivity index (χ1) is 10.4. The summed E-state index contributed by atoms with van der Waals surface area (Å²) in [5.41, 5.74) is 0. The van der Waals surface area contributed by atoms with Gasteiger partial charge in [-0.05, 0) is 0 Å². The fourth-order valence-corrected chi connectivity index (χ4v) is 1.52. The predicted octanol–water partition coefficient (Wildman–Crippen LogP) is 2.73. The molecule has 0 aliphatic carbocycles. The lowest BCUT2D eigenvalue weighted by Crippen LogP contribution is -2.72. The number of hydrogen-bond acceptors (Lipinski definition) is 3. The van der Waals surface area contributed by atoms with E-state index in [1.807, 2.05) is 0 Å². The van der Waals surface area contributed by atoms with E-state index in [-0.39, 0.29) is 0 Å². The standard InChI is InChI=1S/C7H2F12O5S/c8-2(9,1(20)21)3(10,11)4(12,13)5(14,15)6(16,17)7(18,19)25(22,23)24/h(H,20,21)(H,22,23,24). The summed E-state index contributed by atoms with van der Waals surface area (Å²) in [5, 5.41) is 0.0641. The number of aliphatic carboxylic acids is 1. The van der Waals surface area contributed by atoms with Crippen LogP contribution in [0.4, 0.5) is 52.7 Å². The fourth-order valence-electron chi connectivity index (χ4n) is 1.07. The summed E-state index contributed by atoms with van der Waals surface area (Å²) in [7, 11) is -7.65. The minimum absolute atomic E-state index is 4.22. The molecular weight excluding hydrogens is 424 g/mol. The average Bonchev–Trinajstić information content (AvgIpc) is 2.35. The zero-order valence-corrected chi connectivity index (χ0v) is 11.4. The van der Waals surface area contributed by atoms with E-state index >= 15 is 0 Å². The predicted molar refractivity (Wildman–Crippen MR) is 48.9 cm³/mol. The van der Waals surface area contributed by atoms with Gasteiger partial charge in [-0.1, -0.05) is 0 Å². The van der Waals surface area contributed by atoms with E-state index in [4.69, 9.17) is 9.66 Å². The summed E-state index contributed by atoms with van der Waals surface area (Å²) in [6.07, 6.45) is 0. The van der Waals surface area contributed by atoms with Crippen LogP contribution in [0.2, 0.25) is 0 Å². The molecule has 0 rings (SSSR count). The van der Waals surface area contributed by atoms with Crippen molar-refractivity contribution in [2.75, 3.05) is 0 Å². The molecule has 0 spiro atoms. The Hall–Kier alpha value is -1.46. The number of hydrogen-bond donors (Lipinski definition) is 2. The monoisotopic (exact) mass is 426 g/mol. The smallest absolute Gasteiger partial charge is 0.438 e. The highest BCUT2D eigenvalue weighted by molar-refractivity contribution is 7.87. The van der Waals surface area contributed by atoms with Gasteiger partial charge in [0.2, 0.25) is 0 Å². The Balaban J connectivity index is 6.65. The van der Waals surface area contributed by atoms with Gasteiger partial charge in [-0.2, -0.15) is 61.1 Å². The molecule has 25 heavy (non-hydrogen) atoms. The van der Waals surface area contributed by atoms with Gasteiger partial charge in [0.15, 0.2) is 0 Å². The largest absolute Gasteiger partial charge is 0.477 e. The van der Waals surface area contributed by atoms with Crippen LogP contribution in [0.3, 0.4) is 0 Å². The van der Waals surface area contributed by atoms with Crippen molar-refractivity contribution in [1.82, 2.24) is 0 Å². The number of alkyl halides is 12. The second-order valence-electron chi connectivity index (χ2n) is 4.17. The van der Waals surface area contributed by atoms with Crippen molar-refractivity contribution in [2.45, 2.75) is 34.9 Å². The third kappa shape index (κ3) is 2.77. The Morgan fingerprint density at radius 3 is 1.16 bits per heavy atom. The first-order valence-electron chi connectivity index (χ1n) is 4.92. The van der Waals surface area contributed by atoms with Crippen LogP contribution in [-0.4, -0.2) is 58.9 Å². The van der Waals surface area contributed by atoms with Crippen molar-refractivity contribution in [3.8, 4) is 0 Å². The van der Waals surface area contributed by atoms with Gasteiger partial charge in [-0.25, -0.2) is 4.79 Å². The Morgan fingerprint density at radius 1 is 0.640 bits per heavy atom. The van der Waals surface area contributed by atoms with Crippen molar-refractivity contribution >= 4 is 16.1 Å². The van der Waals surface area contributed by atoms with Crippen molar-refractivity contribution < 1.29 is 75.6 Å². The van der Waals surface area contributed by atoms with E-state index in [2.05, 4.69) is 0 Å². The second-order valence-corrected chi connectivity index (χ2v) is 5.63. The molecule has 0 unspecified atom stereocenters. The summed E-state index contributed by atoms with van der Waals surface area (Å²) in [6, 6.07) is 0. The van der Waals surface area contributed by atoms with Crippen LogP contribution >= 0.6 is 0 Å². The first kappa shape index (κ1) is 23.5. The molecule has 0 aromatic carbocycles. The molecule has 0 radical (unpaired) electrons. The Labute approximate surface area is 127 Å².